The van der Waals surface area contributed by atoms with Crippen LogP contribution in [0.4, 0.5) is 9.59 Å². The van der Waals surface area contributed by atoms with Gasteiger partial charge >= 0.3 is 12.2 Å². The predicted molar refractivity (Wildman–Crippen MR) is 245 cm³/mol. The van der Waals surface area contributed by atoms with Crippen molar-refractivity contribution in [1.29, 1.82) is 10.5 Å². The number of nitrogens with zero attached hydrogens (tertiary/aromatic N) is 11. The second kappa shape index (κ2) is 19.9. The Morgan fingerprint density at radius 2 is 1.14 bits per heavy atom. The number of likely N-dealkylation sites (tertiary alicyclic amines) is 1. The lowest BCUT2D eigenvalue weighted by atomic mass is 9.90. The minimum atomic E-state index is -1.01. The molecule has 0 radical (unpaired) electrons. The molecule has 4 saturated heterocycles. The second-order valence-corrected chi connectivity index (χ2v) is 20.1. The van der Waals surface area contributed by atoms with Crippen LogP contribution in [0.1, 0.15) is 117 Å². The minimum absolute atomic E-state index is 0.0254. The van der Waals surface area contributed by atoms with Gasteiger partial charge in [0.25, 0.3) is 11.8 Å². The molecule has 4 aliphatic rings. The quantitative estimate of drug-likeness (QED) is 0.171. The lowest BCUT2D eigenvalue weighted by molar-refractivity contribution is -0.140. The molecule has 4 aliphatic heterocycles. The van der Waals surface area contributed by atoms with Crippen LogP contribution >= 0.6 is 15.9 Å². The third-order valence-electron chi connectivity index (χ3n) is 11.7. The highest BCUT2D eigenvalue weighted by Crippen LogP contribution is 2.36. The number of halogens is 1. The van der Waals surface area contributed by atoms with Crippen LogP contribution in [0.5, 0.6) is 0 Å². The summed E-state index contributed by atoms with van der Waals surface area (Å²) in [4.78, 5) is 70.3. The molecule has 19 heteroatoms. The Labute approximate surface area is 388 Å². The van der Waals surface area contributed by atoms with Crippen LogP contribution in [0.2, 0.25) is 0 Å². The molecule has 0 aliphatic carbocycles. The number of carbonyl (C=O) groups is 4. The van der Waals surface area contributed by atoms with Gasteiger partial charge in [-0.2, -0.15) is 10.5 Å². The fraction of sp³-hybridized carbons (Fsp3) is 0.609. The lowest BCUT2D eigenvalue weighted by Crippen LogP contribution is -2.50. The molecular weight excluding hydrogens is 896 g/mol. The Bertz CT molecular complexity index is 2490. The summed E-state index contributed by atoms with van der Waals surface area (Å²) >= 11 is 3.50. The third kappa shape index (κ3) is 11.0. The van der Waals surface area contributed by atoms with Crippen molar-refractivity contribution in [3.05, 3.63) is 47.6 Å². The van der Waals surface area contributed by atoms with E-state index >= 15 is 0 Å². The average Bonchev–Trinajstić information content (AvgIpc) is 3.92. The number of amides is 4. The number of piperidine rings is 2. The Morgan fingerprint density at radius 3 is 1.55 bits per heavy atom. The van der Waals surface area contributed by atoms with Crippen molar-refractivity contribution in [2.75, 3.05) is 39.3 Å². The van der Waals surface area contributed by atoms with E-state index in [0.717, 1.165) is 77.8 Å². The smallest absolute Gasteiger partial charge is 0.417 e. The molecule has 4 aromatic rings. The molecule has 1 N–H and O–H groups in total. The van der Waals surface area contributed by atoms with Gasteiger partial charge in [0.2, 0.25) is 11.6 Å². The van der Waals surface area contributed by atoms with Crippen molar-refractivity contribution in [2.24, 2.45) is 10.8 Å². The number of alkyl halides is 1. The molecule has 2 spiro atoms. The predicted octanol–water partition coefficient (Wildman–Crippen LogP) is 6.81. The van der Waals surface area contributed by atoms with Gasteiger partial charge in [0.05, 0.1) is 0 Å². The highest BCUT2D eigenvalue weighted by atomic mass is 79.9. The number of fused-ring (bicyclic) bond motifs is 2. The van der Waals surface area contributed by atoms with Gasteiger partial charge in [0, 0.05) is 111 Å². The maximum absolute atomic E-state index is 12.9. The third-order valence-corrected chi connectivity index (χ3v) is 12.2. The zero-order valence-corrected chi connectivity index (χ0v) is 40.5. The maximum atomic E-state index is 12.9. The average molecular weight is 958 g/mol. The highest BCUT2D eigenvalue weighted by Gasteiger charge is 2.55. The normalized spacial score (nSPS) is 18.3. The molecule has 0 bridgehead atoms. The molecule has 18 nitrogen and oxygen atoms in total. The molecule has 4 fully saturated rings. The number of aromatic nitrogens is 6. The first-order valence-electron chi connectivity index (χ1n) is 22.4. The summed E-state index contributed by atoms with van der Waals surface area (Å²) in [6.07, 6.45) is 6.11. The van der Waals surface area contributed by atoms with Crippen LogP contribution in [0.25, 0.3) is 22.1 Å². The maximum Gasteiger partial charge on any atom is 0.417 e. The molecule has 8 heterocycles. The molecule has 0 atom stereocenters. The molecule has 348 valence electrons. The molecule has 0 unspecified atom stereocenters. The standard InChI is InChI=1S/C23H30N6O3.C13H15BrN4.C10H16N2O3/c1-5-8-28-20(30)23(32-21(28)31)6-9-27(10-7-23)14-17-11-16-13-25-18(12-24)26-19(16)29(17)15-22(2,3)4;1-13(2,3)8-18-10(5-14)4-9-7-16-11(6-15)17-12(9)18;1-2-7-12-8(13)10(15-9(12)14)3-5-11-6-4-10/h11,13H,5-10,14-15H2,1-4H3;4,7H,5,8H2,1-3H3;11H,2-7H2,1H3. The molecule has 0 aromatic carbocycles. The van der Waals surface area contributed by atoms with Crippen LogP contribution in [0, 0.1) is 33.5 Å². The summed E-state index contributed by atoms with van der Waals surface area (Å²) in [5.74, 6) is 0.0494. The zero-order valence-electron chi connectivity index (χ0n) is 38.9. The number of hydrogen-bond donors (Lipinski definition) is 1. The number of rotatable bonds is 9. The van der Waals surface area contributed by atoms with Gasteiger partial charge in [-0.1, -0.05) is 71.3 Å². The van der Waals surface area contributed by atoms with Crippen molar-refractivity contribution in [3.8, 4) is 12.1 Å². The van der Waals surface area contributed by atoms with Gasteiger partial charge in [0.15, 0.2) is 11.2 Å². The number of nitrogens with one attached hydrogen (secondary N) is 1. The highest BCUT2D eigenvalue weighted by molar-refractivity contribution is 9.08. The first-order valence-corrected chi connectivity index (χ1v) is 23.5. The molecule has 8 rings (SSSR count). The van der Waals surface area contributed by atoms with Crippen molar-refractivity contribution in [2.45, 2.75) is 130 Å². The Balaban J connectivity index is 0.000000178. The van der Waals surface area contributed by atoms with Gasteiger partial charge in [-0.05, 0) is 48.9 Å². The van der Waals surface area contributed by atoms with Crippen LogP contribution in [-0.4, -0.2) is 118 Å². The van der Waals surface area contributed by atoms with Gasteiger partial charge in [0.1, 0.15) is 23.4 Å². The Hall–Kier alpha value is -5.50. The van der Waals surface area contributed by atoms with Crippen LogP contribution in [0.3, 0.4) is 0 Å². The molecular formula is C46H61BrN12O6. The van der Waals surface area contributed by atoms with E-state index < -0.39 is 23.4 Å². The second-order valence-electron chi connectivity index (χ2n) is 19.5. The fourth-order valence-electron chi connectivity index (χ4n) is 8.62. The Kier molecular flexibility index (Phi) is 15.0. The van der Waals surface area contributed by atoms with E-state index in [2.05, 4.69) is 109 Å². The first-order chi connectivity index (χ1) is 30.8. The van der Waals surface area contributed by atoms with E-state index in [4.69, 9.17) is 14.7 Å². The van der Waals surface area contributed by atoms with Gasteiger partial charge in [-0.15, -0.1) is 0 Å². The van der Waals surface area contributed by atoms with Gasteiger partial charge < -0.3 is 23.9 Å². The van der Waals surface area contributed by atoms with E-state index in [9.17, 15) is 24.4 Å². The van der Waals surface area contributed by atoms with E-state index in [-0.39, 0.29) is 34.3 Å². The fourth-order valence-corrected chi connectivity index (χ4v) is 9.09. The monoisotopic (exact) mass is 956 g/mol. The van der Waals surface area contributed by atoms with Crippen LogP contribution in [0.15, 0.2) is 24.5 Å². The number of hydrogen-bond acceptors (Lipinski definition) is 14. The van der Waals surface area contributed by atoms with Crippen molar-refractivity contribution >= 4 is 62.0 Å². The Morgan fingerprint density at radius 1 is 0.708 bits per heavy atom. The van der Waals surface area contributed by atoms with E-state index in [0.29, 0.717) is 58.4 Å². The number of nitriles is 2. The first kappa shape index (κ1) is 48.9. The van der Waals surface area contributed by atoms with Crippen LogP contribution < -0.4 is 5.32 Å². The van der Waals surface area contributed by atoms with Gasteiger partial charge in [-0.3, -0.25) is 14.5 Å². The topological polar surface area (TPSA) is 217 Å². The lowest BCUT2D eigenvalue weighted by Gasteiger charge is -2.36. The molecule has 4 aromatic heterocycles. The van der Waals surface area contributed by atoms with E-state index in [1.165, 1.54) is 9.80 Å². The summed E-state index contributed by atoms with van der Waals surface area (Å²) in [5.41, 5.74) is 2.18. The van der Waals surface area contributed by atoms with E-state index in [1.807, 2.05) is 26.0 Å². The van der Waals surface area contributed by atoms with Crippen molar-refractivity contribution < 1.29 is 28.7 Å². The minimum Gasteiger partial charge on any atom is -0.432 e. The van der Waals surface area contributed by atoms with Crippen molar-refractivity contribution in [1.82, 2.24) is 49.1 Å². The summed E-state index contributed by atoms with van der Waals surface area (Å²) in [6.45, 7) is 22.9. The molecule has 65 heavy (non-hydrogen) atoms. The summed E-state index contributed by atoms with van der Waals surface area (Å²) in [5, 5.41) is 23.9. The number of carbonyl (C=O) groups excluding carboxylic acids is 4. The van der Waals surface area contributed by atoms with E-state index in [1.54, 1.807) is 12.4 Å². The van der Waals surface area contributed by atoms with Gasteiger partial charge in [-0.25, -0.2) is 39.3 Å². The molecule has 4 amide bonds. The summed E-state index contributed by atoms with van der Waals surface area (Å²) < 4.78 is 15.2. The van der Waals surface area contributed by atoms with Crippen molar-refractivity contribution in [3.63, 3.8) is 0 Å². The largest absolute Gasteiger partial charge is 0.432 e. The summed E-state index contributed by atoms with van der Waals surface area (Å²) in [6, 6.07) is 8.16. The zero-order chi connectivity index (χ0) is 47.3. The molecule has 0 saturated carbocycles. The summed E-state index contributed by atoms with van der Waals surface area (Å²) in [7, 11) is 0. The number of imide groups is 2. The SMILES string of the molecule is CC(C)(C)Cn1c(CBr)cc2cnc(C#N)nc21.CCCN1C(=O)OC2(CCN(Cc3cc4cnc(C#N)nc4n3CC(C)(C)C)CC2)C1=O.CCCN1C(=O)OC2(CCNCC2)C1=O. The number of ether oxygens (including phenoxy) is 2. The van der Waals surface area contributed by atoms with Crippen LogP contribution in [-0.2, 0) is 44.0 Å².